The maximum atomic E-state index is 5.53. The van der Waals surface area contributed by atoms with Crippen LogP contribution in [0.1, 0.15) is 74.7 Å². The Bertz CT molecular complexity index is 207. The Hall–Kier alpha value is -0.160. The van der Waals surface area contributed by atoms with Crippen LogP contribution in [-0.2, 0) is 19.6 Å². The highest BCUT2D eigenvalue weighted by Gasteiger charge is 2.36. The third-order valence-corrected chi connectivity index (χ3v) is 2.06. The van der Waals surface area contributed by atoms with Crippen molar-refractivity contribution < 1.29 is 19.6 Å². The molecule has 110 valence electrons. The van der Waals surface area contributed by atoms with Crippen molar-refractivity contribution in [2.75, 3.05) is 0 Å². The molecule has 4 nitrogen and oxygen atoms in total. The maximum Gasteiger partial charge on any atom is 0.233 e. The maximum absolute atomic E-state index is 5.53. The van der Waals surface area contributed by atoms with Crippen LogP contribution in [0.3, 0.4) is 0 Å². The van der Waals surface area contributed by atoms with Gasteiger partial charge in [0.05, 0.1) is 11.2 Å². The Morgan fingerprint density at radius 1 is 0.667 bits per heavy atom. The molecule has 0 radical (unpaired) electrons. The molecule has 0 saturated heterocycles. The zero-order valence-corrected chi connectivity index (χ0v) is 13.3. The van der Waals surface area contributed by atoms with E-state index in [9.17, 15) is 0 Å². The molecule has 0 aromatic heterocycles. The fourth-order valence-corrected chi connectivity index (χ4v) is 1.17. The molecular weight excluding hydrogens is 232 g/mol. The average molecular weight is 262 g/mol. The van der Waals surface area contributed by atoms with Gasteiger partial charge in [0, 0.05) is 12.8 Å². The number of rotatable bonds is 7. The Labute approximate surface area is 112 Å². The van der Waals surface area contributed by atoms with Gasteiger partial charge in [-0.05, 0) is 41.5 Å². The second-order valence-electron chi connectivity index (χ2n) is 6.57. The predicted octanol–water partition coefficient (Wildman–Crippen LogP) is 4.39. The van der Waals surface area contributed by atoms with Crippen LogP contribution in [0, 0.1) is 0 Å². The molecule has 0 rings (SSSR count). The minimum absolute atomic E-state index is 0.376. The Morgan fingerprint density at radius 2 is 1.06 bits per heavy atom. The number of hydrogen-bond donors (Lipinski definition) is 0. The van der Waals surface area contributed by atoms with Crippen molar-refractivity contribution in [3.8, 4) is 0 Å². The van der Waals surface area contributed by atoms with E-state index < -0.39 is 5.79 Å². The fraction of sp³-hybridized carbons (Fsp3) is 1.00. The largest absolute Gasteiger partial charge is 0.233 e. The summed E-state index contributed by atoms with van der Waals surface area (Å²) in [5.41, 5.74) is -0.751. The molecule has 4 heteroatoms. The average Bonchev–Trinajstić information content (AvgIpc) is 2.20. The molecule has 0 aromatic rings. The quantitative estimate of drug-likeness (QED) is 0.387. The van der Waals surface area contributed by atoms with Crippen molar-refractivity contribution >= 4 is 0 Å². The summed E-state index contributed by atoms with van der Waals surface area (Å²) < 4.78 is 0. The highest BCUT2D eigenvalue weighted by molar-refractivity contribution is 4.66. The second-order valence-corrected chi connectivity index (χ2v) is 6.57. The minimum Gasteiger partial charge on any atom is -0.228 e. The van der Waals surface area contributed by atoms with Gasteiger partial charge in [-0.15, -0.1) is 0 Å². The lowest BCUT2D eigenvalue weighted by Crippen LogP contribution is -2.40. The van der Waals surface area contributed by atoms with Crippen LogP contribution in [0.25, 0.3) is 0 Å². The van der Waals surface area contributed by atoms with E-state index in [4.69, 9.17) is 19.6 Å². The number of hydrogen-bond acceptors (Lipinski definition) is 4. The molecule has 0 aliphatic carbocycles. The van der Waals surface area contributed by atoms with Gasteiger partial charge in [-0.25, -0.2) is 9.78 Å². The molecule has 0 heterocycles. The van der Waals surface area contributed by atoms with Crippen molar-refractivity contribution in [1.29, 1.82) is 0 Å². The van der Waals surface area contributed by atoms with Crippen LogP contribution in [0.4, 0.5) is 0 Å². The monoisotopic (exact) mass is 262 g/mol. The van der Waals surface area contributed by atoms with Gasteiger partial charge in [0.15, 0.2) is 0 Å². The molecule has 0 fully saturated rings. The minimum atomic E-state index is -0.838. The summed E-state index contributed by atoms with van der Waals surface area (Å²) in [6, 6.07) is 0. The smallest absolute Gasteiger partial charge is 0.228 e. The van der Waals surface area contributed by atoms with E-state index in [1.807, 2.05) is 48.5 Å². The molecule has 0 saturated carbocycles. The summed E-state index contributed by atoms with van der Waals surface area (Å²) in [7, 11) is 0. The van der Waals surface area contributed by atoms with Crippen molar-refractivity contribution in [2.24, 2.45) is 0 Å². The van der Waals surface area contributed by atoms with Crippen LogP contribution < -0.4 is 0 Å². The van der Waals surface area contributed by atoms with Crippen molar-refractivity contribution in [1.82, 2.24) is 0 Å². The second kappa shape index (κ2) is 6.85. The highest BCUT2D eigenvalue weighted by atomic mass is 17.3. The Morgan fingerprint density at radius 3 is 1.28 bits per heavy atom. The molecule has 0 aliphatic heterocycles. The van der Waals surface area contributed by atoms with Gasteiger partial charge in [0.2, 0.25) is 5.79 Å². The molecular formula is C14H30O4. The summed E-state index contributed by atoms with van der Waals surface area (Å²) >= 11 is 0. The summed E-state index contributed by atoms with van der Waals surface area (Å²) in [4.78, 5) is 21.9. The molecule has 0 unspecified atom stereocenters. The van der Waals surface area contributed by atoms with Gasteiger partial charge < -0.3 is 0 Å². The molecule has 18 heavy (non-hydrogen) atoms. The molecule has 0 aromatic carbocycles. The first kappa shape index (κ1) is 17.8. The van der Waals surface area contributed by atoms with E-state index in [0.717, 1.165) is 12.8 Å². The normalized spacial score (nSPS) is 14.0. The fourth-order valence-electron chi connectivity index (χ4n) is 1.17. The first-order chi connectivity index (χ1) is 8.04. The van der Waals surface area contributed by atoms with E-state index in [2.05, 4.69) is 6.92 Å². The zero-order chi connectivity index (χ0) is 14.4. The van der Waals surface area contributed by atoms with Crippen LogP contribution in [0.5, 0.6) is 0 Å². The summed E-state index contributed by atoms with van der Waals surface area (Å²) in [5, 5.41) is 0. The van der Waals surface area contributed by atoms with Gasteiger partial charge in [0.25, 0.3) is 0 Å². The van der Waals surface area contributed by atoms with Gasteiger partial charge in [-0.2, -0.15) is 9.78 Å². The lowest BCUT2D eigenvalue weighted by Gasteiger charge is -2.34. The van der Waals surface area contributed by atoms with Crippen LogP contribution in [-0.4, -0.2) is 17.0 Å². The Balaban J connectivity index is 4.60. The predicted molar refractivity (Wildman–Crippen MR) is 71.8 cm³/mol. The van der Waals surface area contributed by atoms with E-state index in [-0.39, 0.29) is 11.2 Å². The molecule has 0 aliphatic rings. The lowest BCUT2D eigenvalue weighted by atomic mass is 10.1. The van der Waals surface area contributed by atoms with Crippen molar-refractivity contribution in [2.45, 2.75) is 91.6 Å². The summed E-state index contributed by atoms with van der Waals surface area (Å²) in [5.74, 6) is -0.838. The van der Waals surface area contributed by atoms with Crippen molar-refractivity contribution in [3.05, 3.63) is 0 Å². The van der Waals surface area contributed by atoms with E-state index >= 15 is 0 Å². The first-order valence-electron chi connectivity index (χ1n) is 6.77. The molecule has 0 atom stereocenters. The first-order valence-corrected chi connectivity index (χ1v) is 6.77. The SMILES string of the molecule is CCCC(CC)(OOC(C)(C)C)OOC(C)(C)C. The third-order valence-electron chi connectivity index (χ3n) is 2.06. The molecule has 0 bridgehead atoms. The van der Waals surface area contributed by atoms with Crippen LogP contribution >= 0.6 is 0 Å². The van der Waals surface area contributed by atoms with Gasteiger partial charge in [-0.3, -0.25) is 0 Å². The third kappa shape index (κ3) is 8.03. The standard InChI is InChI=1S/C14H30O4/c1-9-11-14(10-2,17-15-12(3,4)5)18-16-13(6,7)8/h9-11H2,1-8H3. The van der Waals surface area contributed by atoms with Crippen molar-refractivity contribution in [3.63, 3.8) is 0 Å². The highest BCUT2D eigenvalue weighted by Crippen LogP contribution is 2.29. The molecule has 0 N–H and O–H groups in total. The van der Waals surface area contributed by atoms with Gasteiger partial charge in [0.1, 0.15) is 0 Å². The van der Waals surface area contributed by atoms with Crippen LogP contribution in [0.2, 0.25) is 0 Å². The van der Waals surface area contributed by atoms with Crippen LogP contribution in [0.15, 0.2) is 0 Å². The van der Waals surface area contributed by atoms with E-state index in [1.54, 1.807) is 0 Å². The van der Waals surface area contributed by atoms with Gasteiger partial charge >= 0.3 is 0 Å². The summed E-state index contributed by atoms with van der Waals surface area (Å²) in [6.45, 7) is 15.7. The molecule has 0 amide bonds. The molecule has 0 spiro atoms. The van der Waals surface area contributed by atoms with E-state index in [0.29, 0.717) is 6.42 Å². The Kier molecular flexibility index (Phi) is 6.79. The zero-order valence-electron chi connectivity index (χ0n) is 13.3. The van der Waals surface area contributed by atoms with E-state index in [1.165, 1.54) is 0 Å². The topological polar surface area (TPSA) is 36.9 Å². The van der Waals surface area contributed by atoms with Gasteiger partial charge in [-0.1, -0.05) is 20.3 Å². The lowest BCUT2D eigenvalue weighted by molar-refractivity contribution is -0.542. The summed E-state index contributed by atoms with van der Waals surface area (Å²) in [6.07, 6.45) is 2.30.